The van der Waals surface area contributed by atoms with E-state index in [2.05, 4.69) is 130 Å². The summed E-state index contributed by atoms with van der Waals surface area (Å²) in [6, 6.07) is 58.9. The second-order valence-corrected chi connectivity index (χ2v) is 12.0. The molecule has 0 bridgehead atoms. The molecule has 9 rings (SSSR count). The van der Waals surface area contributed by atoms with Gasteiger partial charge in [-0.3, -0.25) is 0 Å². The summed E-state index contributed by atoms with van der Waals surface area (Å²) in [5.74, 6) is 0. The number of fused-ring (bicyclic) bond motifs is 6. The van der Waals surface area contributed by atoms with Crippen LogP contribution in [0.4, 0.5) is 0 Å². The van der Waals surface area contributed by atoms with Gasteiger partial charge in [-0.2, -0.15) is 10.5 Å². The molecule has 0 unspecified atom stereocenters. The third-order valence-electron chi connectivity index (χ3n) is 9.43. The van der Waals surface area contributed by atoms with E-state index >= 15 is 0 Å². The maximum Gasteiger partial charge on any atom is 0.0998 e. The number of hydrogen-bond donors (Lipinski definition) is 0. The Kier molecular flexibility index (Phi) is 6.22. The lowest BCUT2D eigenvalue weighted by Crippen LogP contribution is -1.98. The quantitative estimate of drug-likeness (QED) is 0.199. The highest BCUT2D eigenvalue weighted by Gasteiger charge is 2.19. The second-order valence-electron chi connectivity index (χ2n) is 12.0. The molecular weight excluding hydrogens is 585 g/mol. The van der Waals surface area contributed by atoms with E-state index in [-0.39, 0.29) is 0 Å². The van der Waals surface area contributed by atoms with Crippen LogP contribution in [-0.4, -0.2) is 9.13 Å². The Morgan fingerprint density at radius 3 is 1.65 bits per heavy atom. The molecule has 2 aromatic heterocycles. The number of para-hydroxylation sites is 4. The molecule has 0 aliphatic rings. The maximum atomic E-state index is 10.3. The van der Waals surface area contributed by atoms with Crippen molar-refractivity contribution < 1.29 is 0 Å². The first-order valence-corrected chi connectivity index (χ1v) is 15.9. The fourth-order valence-corrected chi connectivity index (χ4v) is 7.32. The SMILES string of the molecule is N#Cc1ccc(-c2ccc(-n3c4ccccc4c4ccccc43)cc2)cc1-c1ccccc1-n1c2ccccc2c2c(C#N)cccc21. The van der Waals surface area contributed by atoms with E-state index in [0.29, 0.717) is 11.1 Å². The minimum Gasteiger partial charge on any atom is -0.309 e. The van der Waals surface area contributed by atoms with Gasteiger partial charge in [0.25, 0.3) is 0 Å². The highest BCUT2D eigenvalue weighted by molar-refractivity contribution is 6.12. The number of benzene rings is 7. The lowest BCUT2D eigenvalue weighted by Gasteiger charge is -2.16. The molecule has 0 atom stereocenters. The first-order chi connectivity index (χ1) is 23.7. The Balaban J connectivity index is 1.20. The predicted molar refractivity (Wildman–Crippen MR) is 195 cm³/mol. The summed E-state index contributed by atoms with van der Waals surface area (Å²) in [6.07, 6.45) is 0. The molecule has 0 saturated heterocycles. The monoisotopic (exact) mass is 610 g/mol. The summed E-state index contributed by atoms with van der Waals surface area (Å²) in [5, 5.41) is 24.7. The van der Waals surface area contributed by atoms with Crippen molar-refractivity contribution >= 4 is 43.6 Å². The molecule has 9 aromatic rings. The fourth-order valence-electron chi connectivity index (χ4n) is 7.32. The van der Waals surface area contributed by atoms with Crippen LogP contribution in [0.3, 0.4) is 0 Å². The number of nitrogens with zero attached hydrogens (tertiary/aromatic N) is 4. The van der Waals surface area contributed by atoms with E-state index in [0.717, 1.165) is 55.4 Å². The highest BCUT2D eigenvalue weighted by atomic mass is 15.0. The van der Waals surface area contributed by atoms with Gasteiger partial charge in [0.05, 0.1) is 51.0 Å². The molecule has 0 amide bonds. The fraction of sp³-hybridized carbons (Fsp3) is 0. The Morgan fingerprint density at radius 2 is 0.958 bits per heavy atom. The average molecular weight is 611 g/mol. The molecule has 0 aliphatic heterocycles. The van der Waals surface area contributed by atoms with Crippen LogP contribution in [0.15, 0.2) is 158 Å². The zero-order valence-corrected chi connectivity index (χ0v) is 25.8. The van der Waals surface area contributed by atoms with Crippen LogP contribution in [-0.2, 0) is 0 Å². The van der Waals surface area contributed by atoms with Crippen molar-refractivity contribution in [2.24, 2.45) is 0 Å². The Hall–Kier alpha value is -6.88. The van der Waals surface area contributed by atoms with Crippen LogP contribution >= 0.6 is 0 Å². The number of aromatic nitrogens is 2. The van der Waals surface area contributed by atoms with Crippen LogP contribution in [0.25, 0.3) is 77.2 Å². The lowest BCUT2D eigenvalue weighted by molar-refractivity contribution is 1.18. The standard InChI is InChI=1S/C44H26N4/c45-27-31-21-20-30(29-22-24-33(25-23-29)47-39-15-5-1-11-34(39)35-12-2-6-16-40(35)47)26-38(31)36-13-3-7-17-41(36)48-42-18-8-4-14-37(42)44-32(28-46)10-9-19-43(44)48/h1-26H. The molecule has 48 heavy (non-hydrogen) atoms. The Morgan fingerprint density at radius 1 is 0.396 bits per heavy atom. The van der Waals surface area contributed by atoms with E-state index in [1.54, 1.807) is 0 Å². The van der Waals surface area contributed by atoms with Gasteiger partial charge in [0.2, 0.25) is 0 Å². The normalized spacial score (nSPS) is 11.3. The largest absolute Gasteiger partial charge is 0.309 e. The predicted octanol–water partition coefficient (Wildman–Crippen LogP) is 11.0. The van der Waals surface area contributed by atoms with E-state index in [1.807, 2.05) is 48.5 Å². The summed E-state index contributed by atoms with van der Waals surface area (Å²) < 4.78 is 4.54. The van der Waals surface area contributed by atoms with Crippen LogP contribution in [0.2, 0.25) is 0 Å². The molecule has 0 fully saturated rings. The topological polar surface area (TPSA) is 57.4 Å². The summed E-state index contributed by atoms with van der Waals surface area (Å²) in [6.45, 7) is 0. The van der Waals surface area contributed by atoms with Crippen molar-refractivity contribution in [1.82, 2.24) is 9.13 Å². The van der Waals surface area contributed by atoms with Gasteiger partial charge < -0.3 is 9.13 Å². The van der Waals surface area contributed by atoms with Crippen LogP contribution in [0, 0.1) is 22.7 Å². The van der Waals surface area contributed by atoms with Crippen molar-refractivity contribution in [3.8, 4) is 45.8 Å². The van der Waals surface area contributed by atoms with Crippen molar-refractivity contribution in [3.63, 3.8) is 0 Å². The molecule has 0 saturated carbocycles. The minimum atomic E-state index is 0.603. The van der Waals surface area contributed by atoms with Gasteiger partial charge in [0, 0.05) is 38.4 Å². The van der Waals surface area contributed by atoms with Crippen molar-refractivity contribution in [2.45, 2.75) is 0 Å². The summed E-state index contributed by atoms with van der Waals surface area (Å²) >= 11 is 0. The van der Waals surface area contributed by atoms with Crippen LogP contribution in [0.1, 0.15) is 11.1 Å². The zero-order valence-electron chi connectivity index (χ0n) is 25.8. The third-order valence-corrected chi connectivity index (χ3v) is 9.43. The summed E-state index contributed by atoms with van der Waals surface area (Å²) in [4.78, 5) is 0. The lowest BCUT2D eigenvalue weighted by atomic mass is 9.94. The number of rotatable bonds is 4. The third kappa shape index (κ3) is 4.07. The van der Waals surface area contributed by atoms with Gasteiger partial charge in [-0.1, -0.05) is 97.1 Å². The first kappa shape index (κ1) is 27.4. The first-order valence-electron chi connectivity index (χ1n) is 15.9. The molecule has 4 nitrogen and oxygen atoms in total. The molecule has 2 heterocycles. The van der Waals surface area contributed by atoms with Crippen molar-refractivity contribution in [3.05, 3.63) is 169 Å². The number of nitriles is 2. The van der Waals surface area contributed by atoms with Gasteiger partial charge in [-0.05, 0) is 71.8 Å². The molecule has 0 N–H and O–H groups in total. The zero-order chi connectivity index (χ0) is 32.2. The van der Waals surface area contributed by atoms with E-state index in [1.165, 1.54) is 21.8 Å². The van der Waals surface area contributed by atoms with Gasteiger partial charge >= 0.3 is 0 Å². The summed E-state index contributed by atoms with van der Waals surface area (Å²) in [5.41, 5.74) is 11.5. The van der Waals surface area contributed by atoms with Crippen molar-refractivity contribution in [2.75, 3.05) is 0 Å². The van der Waals surface area contributed by atoms with Gasteiger partial charge in [0.1, 0.15) is 0 Å². The summed E-state index contributed by atoms with van der Waals surface area (Å²) in [7, 11) is 0. The van der Waals surface area contributed by atoms with Gasteiger partial charge in [-0.25, -0.2) is 0 Å². The molecule has 4 heteroatoms. The molecule has 0 spiro atoms. The molecular formula is C44H26N4. The highest BCUT2D eigenvalue weighted by Crippen LogP contribution is 2.39. The molecule has 7 aromatic carbocycles. The smallest absolute Gasteiger partial charge is 0.0998 e. The van der Waals surface area contributed by atoms with E-state index < -0.39 is 0 Å². The Bertz CT molecular complexity index is 2750. The van der Waals surface area contributed by atoms with Gasteiger partial charge in [-0.15, -0.1) is 0 Å². The van der Waals surface area contributed by atoms with Crippen LogP contribution < -0.4 is 0 Å². The number of hydrogen-bond acceptors (Lipinski definition) is 2. The molecule has 222 valence electrons. The van der Waals surface area contributed by atoms with E-state index in [4.69, 9.17) is 0 Å². The Labute approximate surface area is 277 Å². The second kappa shape index (κ2) is 10.9. The van der Waals surface area contributed by atoms with Crippen LogP contribution in [0.5, 0.6) is 0 Å². The van der Waals surface area contributed by atoms with Gasteiger partial charge in [0.15, 0.2) is 0 Å². The maximum absolute atomic E-state index is 10.3. The molecule has 0 radical (unpaired) electrons. The molecule has 0 aliphatic carbocycles. The average Bonchev–Trinajstić information content (AvgIpc) is 3.68. The minimum absolute atomic E-state index is 0.603. The van der Waals surface area contributed by atoms with Crippen molar-refractivity contribution in [1.29, 1.82) is 10.5 Å². The van der Waals surface area contributed by atoms with E-state index in [9.17, 15) is 10.5 Å².